The summed E-state index contributed by atoms with van der Waals surface area (Å²) in [5.41, 5.74) is 3.18. The van der Waals surface area contributed by atoms with E-state index in [1.54, 1.807) is 11.8 Å². The molecule has 0 fully saturated rings. The first-order valence-electron chi connectivity index (χ1n) is 6.28. The Hall–Kier alpha value is -1.75. The van der Waals surface area contributed by atoms with Crippen molar-refractivity contribution in [2.75, 3.05) is 0 Å². The summed E-state index contributed by atoms with van der Waals surface area (Å²) in [6, 6.07) is 10.2. The van der Waals surface area contributed by atoms with Gasteiger partial charge in [0.05, 0.1) is 16.7 Å². The summed E-state index contributed by atoms with van der Waals surface area (Å²) < 4.78 is 7.31. The highest BCUT2D eigenvalue weighted by molar-refractivity contribution is 7.98. The number of nitrogens with zero attached hydrogens (tertiary/aromatic N) is 3. The maximum atomic E-state index is 5.08. The van der Waals surface area contributed by atoms with E-state index in [0.29, 0.717) is 0 Å². The molecule has 0 spiro atoms. The smallest absolute Gasteiger partial charge is 0.169 e. The van der Waals surface area contributed by atoms with Crippen LogP contribution < -0.4 is 0 Å². The fourth-order valence-electron chi connectivity index (χ4n) is 2.09. The normalized spacial score (nSPS) is 11.3. The van der Waals surface area contributed by atoms with Crippen molar-refractivity contribution in [3.8, 4) is 0 Å². The molecule has 3 rings (SSSR count). The van der Waals surface area contributed by atoms with Crippen molar-refractivity contribution >= 4 is 22.8 Å². The molecule has 0 bridgehead atoms. The zero-order valence-electron chi connectivity index (χ0n) is 11.0. The Morgan fingerprint density at radius 2 is 2.16 bits per heavy atom. The zero-order chi connectivity index (χ0) is 13.2. The Bertz CT molecular complexity index is 702. The molecule has 0 saturated carbocycles. The highest BCUT2D eigenvalue weighted by atomic mass is 32.2. The topological polar surface area (TPSA) is 43.9 Å². The van der Waals surface area contributed by atoms with Crippen molar-refractivity contribution in [1.82, 2.24) is 14.7 Å². The highest BCUT2D eigenvalue weighted by Crippen LogP contribution is 2.26. The third-order valence-electron chi connectivity index (χ3n) is 2.96. The lowest BCUT2D eigenvalue weighted by atomic mass is 10.3. The van der Waals surface area contributed by atoms with Crippen LogP contribution in [0.3, 0.4) is 0 Å². The van der Waals surface area contributed by atoms with E-state index >= 15 is 0 Å². The minimum Gasteiger partial charge on any atom is -0.361 e. The summed E-state index contributed by atoms with van der Waals surface area (Å²) in [6.45, 7) is 4.96. The van der Waals surface area contributed by atoms with E-state index in [2.05, 4.69) is 27.7 Å². The molecule has 0 saturated heterocycles. The van der Waals surface area contributed by atoms with Gasteiger partial charge in [0.15, 0.2) is 5.16 Å². The van der Waals surface area contributed by atoms with Gasteiger partial charge < -0.3 is 9.09 Å². The molecule has 19 heavy (non-hydrogen) atoms. The van der Waals surface area contributed by atoms with E-state index < -0.39 is 0 Å². The molecule has 0 atom stereocenters. The largest absolute Gasteiger partial charge is 0.361 e. The van der Waals surface area contributed by atoms with Crippen LogP contribution in [-0.4, -0.2) is 14.7 Å². The number of thioether (sulfide) groups is 1. The average Bonchev–Trinajstić information content (AvgIpc) is 2.99. The van der Waals surface area contributed by atoms with E-state index in [9.17, 15) is 0 Å². The molecule has 0 N–H and O–H groups in total. The number of aromatic nitrogens is 3. The molecular formula is C14H15N3OS. The number of aryl methyl sites for hydroxylation is 2. The Morgan fingerprint density at radius 1 is 1.32 bits per heavy atom. The second-order valence-electron chi connectivity index (χ2n) is 4.34. The number of fused-ring (bicyclic) bond motifs is 1. The van der Waals surface area contributed by atoms with Crippen molar-refractivity contribution in [1.29, 1.82) is 0 Å². The summed E-state index contributed by atoms with van der Waals surface area (Å²) in [7, 11) is 0. The lowest BCUT2D eigenvalue weighted by molar-refractivity contribution is 0.393. The first kappa shape index (κ1) is 12.3. The number of rotatable bonds is 4. The molecule has 0 aliphatic rings. The molecule has 3 aromatic rings. The van der Waals surface area contributed by atoms with Gasteiger partial charge in [-0.2, -0.15) is 0 Å². The van der Waals surface area contributed by atoms with Crippen molar-refractivity contribution in [3.63, 3.8) is 0 Å². The van der Waals surface area contributed by atoms with E-state index in [1.165, 1.54) is 5.52 Å². The third-order valence-corrected chi connectivity index (χ3v) is 3.97. The minimum atomic E-state index is 0.778. The Kier molecular flexibility index (Phi) is 3.29. The predicted molar refractivity (Wildman–Crippen MR) is 76.2 cm³/mol. The molecule has 0 aliphatic carbocycles. The van der Waals surface area contributed by atoms with Gasteiger partial charge in [-0.15, -0.1) is 0 Å². The molecule has 1 aromatic carbocycles. The van der Waals surface area contributed by atoms with Crippen LogP contribution in [0.4, 0.5) is 0 Å². The monoisotopic (exact) mass is 273 g/mol. The van der Waals surface area contributed by atoms with Crippen LogP contribution >= 0.6 is 11.8 Å². The van der Waals surface area contributed by atoms with E-state index in [0.717, 1.165) is 34.4 Å². The fourth-order valence-corrected chi connectivity index (χ4v) is 3.05. The number of benzene rings is 1. The van der Waals surface area contributed by atoms with Crippen molar-refractivity contribution in [2.24, 2.45) is 0 Å². The molecule has 2 heterocycles. The Morgan fingerprint density at radius 3 is 2.89 bits per heavy atom. The first-order valence-corrected chi connectivity index (χ1v) is 7.26. The molecule has 2 aromatic heterocycles. The van der Waals surface area contributed by atoms with Gasteiger partial charge in [-0.1, -0.05) is 29.1 Å². The average molecular weight is 273 g/mol. The quantitative estimate of drug-likeness (QED) is 0.681. The number of hydrogen-bond donors (Lipinski definition) is 0. The molecule has 0 amide bonds. The Labute approximate surface area is 115 Å². The Balaban J connectivity index is 1.87. The summed E-state index contributed by atoms with van der Waals surface area (Å²) >= 11 is 1.69. The van der Waals surface area contributed by atoms with Gasteiger partial charge in [-0.3, -0.25) is 0 Å². The molecule has 0 radical (unpaired) electrons. The SMILES string of the molecule is CCn1c(SCc2cc(C)on2)nc2ccccc21. The lowest BCUT2D eigenvalue weighted by Crippen LogP contribution is -1.96. The summed E-state index contributed by atoms with van der Waals surface area (Å²) in [6.07, 6.45) is 0. The van der Waals surface area contributed by atoms with Crippen LogP contribution in [0.25, 0.3) is 11.0 Å². The molecule has 4 nitrogen and oxygen atoms in total. The van der Waals surface area contributed by atoms with Gasteiger partial charge in [-0.05, 0) is 26.0 Å². The number of imidazole rings is 1. The molecule has 98 valence electrons. The van der Waals surface area contributed by atoms with Crippen molar-refractivity contribution in [3.05, 3.63) is 41.8 Å². The van der Waals surface area contributed by atoms with Crippen LogP contribution in [-0.2, 0) is 12.3 Å². The molecule has 0 aliphatic heterocycles. The zero-order valence-corrected chi connectivity index (χ0v) is 11.8. The second-order valence-corrected chi connectivity index (χ2v) is 5.29. The first-order chi connectivity index (χ1) is 9.28. The predicted octanol–water partition coefficient (Wildman–Crippen LogP) is 3.64. The standard InChI is InChI=1S/C14H15N3OS/c1-3-17-13-7-5-4-6-12(13)15-14(17)19-9-11-8-10(2)18-16-11/h4-8H,3,9H2,1-2H3. The molecule has 5 heteroatoms. The van der Waals surface area contributed by atoms with E-state index in [4.69, 9.17) is 4.52 Å². The summed E-state index contributed by atoms with van der Waals surface area (Å²) in [5.74, 6) is 1.63. The number of para-hydroxylation sites is 2. The maximum Gasteiger partial charge on any atom is 0.169 e. The molecule has 0 unspecified atom stereocenters. The van der Waals surface area contributed by atoms with Gasteiger partial charge in [0.25, 0.3) is 0 Å². The van der Waals surface area contributed by atoms with Crippen LogP contribution in [0.15, 0.2) is 40.0 Å². The van der Waals surface area contributed by atoms with E-state index in [1.807, 2.05) is 31.2 Å². The van der Waals surface area contributed by atoms with Gasteiger partial charge in [0.1, 0.15) is 5.76 Å². The number of hydrogen-bond acceptors (Lipinski definition) is 4. The summed E-state index contributed by atoms with van der Waals surface area (Å²) in [4.78, 5) is 4.67. The van der Waals surface area contributed by atoms with Crippen molar-refractivity contribution < 1.29 is 4.52 Å². The van der Waals surface area contributed by atoms with Gasteiger partial charge >= 0.3 is 0 Å². The van der Waals surface area contributed by atoms with Crippen LogP contribution in [0.1, 0.15) is 18.4 Å². The summed E-state index contributed by atoms with van der Waals surface area (Å²) in [5, 5.41) is 5.04. The fraction of sp³-hybridized carbons (Fsp3) is 0.286. The van der Waals surface area contributed by atoms with Gasteiger partial charge in [0, 0.05) is 18.4 Å². The van der Waals surface area contributed by atoms with E-state index in [-0.39, 0.29) is 0 Å². The van der Waals surface area contributed by atoms with Gasteiger partial charge in [-0.25, -0.2) is 4.98 Å². The molecular weight excluding hydrogens is 258 g/mol. The third kappa shape index (κ3) is 2.38. The second kappa shape index (κ2) is 5.09. The van der Waals surface area contributed by atoms with Gasteiger partial charge in [0.2, 0.25) is 0 Å². The lowest BCUT2D eigenvalue weighted by Gasteiger charge is -2.03. The minimum absolute atomic E-state index is 0.778. The van der Waals surface area contributed by atoms with Crippen LogP contribution in [0.5, 0.6) is 0 Å². The van der Waals surface area contributed by atoms with Crippen LogP contribution in [0, 0.1) is 6.92 Å². The highest BCUT2D eigenvalue weighted by Gasteiger charge is 2.10. The van der Waals surface area contributed by atoms with Crippen molar-refractivity contribution in [2.45, 2.75) is 31.3 Å². The van der Waals surface area contributed by atoms with Crippen LogP contribution in [0.2, 0.25) is 0 Å². The maximum absolute atomic E-state index is 5.08.